The lowest BCUT2D eigenvalue weighted by atomic mass is 9.85. The molecule has 2 atom stereocenters. The van der Waals surface area contributed by atoms with E-state index in [1.807, 2.05) is 38.1 Å². The largest absolute Gasteiger partial charge is 0.489 e. The third kappa shape index (κ3) is 3.99. The molecule has 2 aromatic carbocycles. The molecule has 0 aliphatic carbocycles. The van der Waals surface area contributed by atoms with E-state index in [0.29, 0.717) is 35.6 Å². The smallest absolute Gasteiger partial charge is 0.166 e. The van der Waals surface area contributed by atoms with Crippen LogP contribution in [0.1, 0.15) is 77.3 Å². The first-order valence-corrected chi connectivity index (χ1v) is 10.6. The van der Waals surface area contributed by atoms with Crippen molar-refractivity contribution in [1.29, 1.82) is 0 Å². The molecule has 29 heavy (non-hydrogen) atoms. The highest BCUT2D eigenvalue weighted by Gasteiger charge is 2.36. The number of hydrogen-bond donors (Lipinski definition) is 0. The normalized spacial score (nSPS) is 21.4. The van der Waals surface area contributed by atoms with E-state index in [4.69, 9.17) is 9.47 Å². The van der Waals surface area contributed by atoms with Crippen molar-refractivity contribution in [3.05, 3.63) is 64.7 Å². The summed E-state index contributed by atoms with van der Waals surface area (Å²) < 4.78 is 11.6. The summed E-state index contributed by atoms with van der Waals surface area (Å²) in [5.41, 5.74) is 3.28. The van der Waals surface area contributed by atoms with Gasteiger partial charge < -0.3 is 9.47 Å². The number of fused-ring (bicyclic) bond motifs is 1. The van der Waals surface area contributed by atoms with Gasteiger partial charge in [0.2, 0.25) is 0 Å². The molecule has 2 aliphatic rings. The number of ether oxygens (including phenoxy) is 2. The second-order valence-corrected chi connectivity index (χ2v) is 8.11. The Bertz CT molecular complexity index is 897. The number of hydrogen-bond acceptors (Lipinski definition) is 4. The van der Waals surface area contributed by atoms with E-state index in [-0.39, 0.29) is 23.6 Å². The molecule has 1 fully saturated rings. The lowest BCUT2D eigenvalue weighted by Crippen LogP contribution is -2.19. The lowest BCUT2D eigenvalue weighted by Gasteiger charge is -2.21. The highest BCUT2D eigenvalue weighted by atomic mass is 16.5. The average Bonchev–Trinajstić information content (AvgIpc) is 3.09. The van der Waals surface area contributed by atoms with Crippen molar-refractivity contribution in [2.75, 3.05) is 13.2 Å². The topological polar surface area (TPSA) is 52.6 Å². The summed E-state index contributed by atoms with van der Waals surface area (Å²) in [7, 11) is 0. The zero-order valence-corrected chi connectivity index (χ0v) is 17.1. The molecule has 4 nitrogen and oxygen atoms in total. The Morgan fingerprint density at radius 2 is 1.76 bits per heavy atom. The van der Waals surface area contributed by atoms with Crippen molar-refractivity contribution >= 4 is 11.6 Å². The quantitative estimate of drug-likeness (QED) is 0.635. The fraction of sp³-hybridized carbons (Fsp3) is 0.440. The van der Waals surface area contributed by atoms with Gasteiger partial charge in [-0.05, 0) is 43.4 Å². The molecule has 0 unspecified atom stereocenters. The molecule has 0 amide bonds. The van der Waals surface area contributed by atoms with Crippen LogP contribution in [0, 0.1) is 5.92 Å². The maximum absolute atomic E-state index is 13.1. The molecule has 2 aliphatic heterocycles. The zero-order valence-electron chi connectivity index (χ0n) is 17.1. The fourth-order valence-corrected chi connectivity index (χ4v) is 4.52. The lowest BCUT2D eigenvalue weighted by molar-refractivity contribution is 0.0601. The van der Waals surface area contributed by atoms with Gasteiger partial charge >= 0.3 is 0 Å². The number of benzene rings is 2. The number of carbonyl (C=O) groups is 2. The van der Waals surface area contributed by atoms with Crippen LogP contribution in [0.5, 0.6) is 5.75 Å². The van der Waals surface area contributed by atoms with Crippen LogP contribution in [0.15, 0.2) is 42.5 Å². The van der Waals surface area contributed by atoms with E-state index in [1.54, 1.807) is 6.07 Å². The van der Waals surface area contributed by atoms with Gasteiger partial charge in [-0.3, -0.25) is 9.59 Å². The molecule has 0 radical (unpaired) electrons. The third-order valence-electron chi connectivity index (χ3n) is 6.14. The van der Waals surface area contributed by atoms with Gasteiger partial charge in [-0.25, -0.2) is 0 Å². The van der Waals surface area contributed by atoms with Gasteiger partial charge in [-0.15, -0.1) is 0 Å². The molecule has 0 saturated carbocycles. The second kappa shape index (κ2) is 8.50. The number of Topliss-reactive ketones (excluding diaryl/α,β-unsaturated/α-hetero) is 2. The van der Waals surface area contributed by atoms with Crippen molar-refractivity contribution in [1.82, 2.24) is 0 Å². The summed E-state index contributed by atoms with van der Waals surface area (Å²) >= 11 is 0. The summed E-state index contributed by atoms with van der Waals surface area (Å²) in [6.45, 7) is 5.33. The van der Waals surface area contributed by atoms with Gasteiger partial charge in [0, 0.05) is 43.1 Å². The predicted octanol–water partition coefficient (Wildman–Crippen LogP) is 5.19. The minimum Gasteiger partial charge on any atom is -0.489 e. The Labute approximate surface area is 172 Å². The van der Waals surface area contributed by atoms with Crippen molar-refractivity contribution in [2.24, 2.45) is 5.92 Å². The molecule has 0 bridgehead atoms. The molecular weight excluding hydrogens is 364 g/mol. The van der Waals surface area contributed by atoms with Crippen molar-refractivity contribution in [3.8, 4) is 5.75 Å². The van der Waals surface area contributed by atoms with E-state index in [0.717, 1.165) is 37.2 Å². The summed E-state index contributed by atoms with van der Waals surface area (Å²) in [6, 6.07) is 13.9. The van der Waals surface area contributed by atoms with Gasteiger partial charge in [0.1, 0.15) is 11.9 Å². The van der Waals surface area contributed by atoms with Gasteiger partial charge in [0.25, 0.3) is 0 Å². The van der Waals surface area contributed by atoms with Crippen LogP contribution in [-0.4, -0.2) is 30.9 Å². The number of rotatable bonds is 6. The van der Waals surface area contributed by atoms with Crippen LogP contribution in [0.3, 0.4) is 0 Å². The molecule has 0 aromatic heterocycles. The van der Waals surface area contributed by atoms with Crippen LogP contribution in [-0.2, 0) is 4.74 Å². The second-order valence-electron chi connectivity index (χ2n) is 8.11. The predicted molar refractivity (Wildman–Crippen MR) is 112 cm³/mol. The summed E-state index contributed by atoms with van der Waals surface area (Å²) in [6.07, 6.45) is 2.65. The summed E-state index contributed by atoms with van der Waals surface area (Å²) in [5, 5.41) is 0. The highest BCUT2D eigenvalue weighted by molar-refractivity contribution is 6.04. The third-order valence-corrected chi connectivity index (χ3v) is 6.14. The van der Waals surface area contributed by atoms with Crippen LogP contribution in [0.25, 0.3) is 0 Å². The monoisotopic (exact) mass is 392 g/mol. The molecule has 0 spiro atoms. The zero-order chi connectivity index (χ0) is 20.4. The molecule has 4 heteroatoms. The van der Waals surface area contributed by atoms with E-state index in [9.17, 15) is 9.59 Å². The standard InChI is InChI=1S/C25H28O4/c1-3-22(26)20-14-19(23(27)13-17-9-11-28-12-10-17)15-21-24(16(2)29-25(20)21)18-7-5-4-6-8-18/h4-8,14-17,24H,3,9-13H2,1-2H3/t16-,24+/m1/s1. The maximum Gasteiger partial charge on any atom is 0.166 e. The molecule has 1 saturated heterocycles. The Balaban J connectivity index is 1.73. The first-order valence-electron chi connectivity index (χ1n) is 10.6. The summed E-state index contributed by atoms with van der Waals surface area (Å²) in [4.78, 5) is 25.8. The van der Waals surface area contributed by atoms with Crippen LogP contribution < -0.4 is 4.74 Å². The first-order chi connectivity index (χ1) is 14.1. The minimum atomic E-state index is -0.0864. The van der Waals surface area contributed by atoms with Gasteiger partial charge in [0.05, 0.1) is 5.56 Å². The Morgan fingerprint density at radius 3 is 2.45 bits per heavy atom. The summed E-state index contributed by atoms with van der Waals surface area (Å²) in [5.74, 6) is 1.15. The highest BCUT2D eigenvalue weighted by Crippen LogP contribution is 2.45. The van der Waals surface area contributed by atoms with Crippen molar-refractivity contribution < 1.29 is 19.1 Å². The van der Waals surface area contributed by atoms with Crippen LogP contribution in [0.2, 0.25) is 0 Å². The minimum absolute atomic E-state index is 0.0166. The molecule has 0 N–H and O–H groups in total. The van der Waals surface area contributed by atoms with Gasteiger partial charge in [-0.1, -0.05) is 37.3 Å². The molecular formula is C25H28O4. The van der Waals surface area contributed by atoms with Crippen molar-refractivity contribution in [2.45, 2.75) is 51.6 Å². The van der Waals surface area contributed by atoms with Crippen LogP contribution >= 0.6 is 0 Å². The van der Waals surface area contributed by atoms with E-state index < -0.39 is 0 Å². The van der Waals surface area contributed by atoms with Gasteiger partial charge in [-0.2, -0.15) is 0 Å². The van der Waals surface area contributed by atoms with Crippen LogP contribution in [0.4, 0.5) is 0 Å². The molecule has 152 valence electrons. The molecule has 4 rings (SSSR count). The van der Waals surface area contributed by atoms with Crippen molar-refractivity contribution in [3.63, 3.8) is 0 Å². The Morgan fingerprint density at radius 1 is 1.03 bits per heavy atom. The van der Waals surface area contributed by atoms with E-state index in [1.165, 1.54) is 0 Å². The molecule has 2 aromatic rings. The van der Waals surface area contributed by atoms with E-state index in [2.05, 4.69) is 12.1 Å². The Hall–Kier alpha value is -2.46. The van der Waals surface area contributed by atoms with E-state index >= 15 is 0 Å². The first kappa shape index (κ1) is 19.8. The molecule has 2 heterocycles. The Kier molecular flexibility index (Phi) is 5.81. The number of carbonyl (C=O) groups excluding carboxylic acids is 2. The van der Waals surface area contributed by atoms with Gasteiger partial charge in [0.15, 0.2) is 11.6 Å². The SMILES string of the molecule is CCC(=O)c1cc(C(=O)CC2CCOCC2)cc2c1O[C@H](C)[C@H]2c1ccccc1. The number of ketones is 2. The maximum atomic E-state index is 13.1. The fourth-order valence-electron chi connectivity index (χ4n) is 4.52. The average molecular weight is 392 g/mol.